The van der Waals surface area contributed by atoms with Crippen LogP contribution in [0.25, 0.3) is 0 Å². The maximum atomic E-state index is 11.4. The Labute approximate surface area is 157 Å². The first-order valence-corrected chi connectivity index (χ1v) is 10.4. The van der Waals surface area contributed by atoms with E-state index >= 15 is 0 Å². The molecule has 0 fully saturated rings. The number of hydrogen-bond acceptors (Lipinski definition) is 7. The van der Waals surface area contributed by atoms with Crippen molar-refractivity contribution in [1.82, 2.24) is 10.8 Å². The van der Waals surface area contributed by atoms with Gasteiger partial charge in [0.05, 0.1) is 0 Å². The van der Waals surface area contributed by atoms with Crippen LogP contribution in [0.5, 0.6) is 0 Å². The molecule has 0 aliphatic carbocycles. The minimum Gasteiger partial charge on any atom is -0.481 e. The Morgan fingerprint density at radius 1 is 1.28 bits per heavy atom. The summed E-state index contributed by atoms with van der Waals surface area (Å²) < 4.78 is -0.243. The maximum absolute atomic E-state index is 11.4. The van der Waals surface area contributed by atoms with Crippen LogP contribution in [-0.2, 0) is 14.4 Å². The van der Waals surface area contributed by atoms with E-state index in [2.05, 4.69) is 31.2 Å². The highest BCUT2D eigenvalue weighted by atomic mass is 33.1. The van der Waals surface area contributed by atoms with E-state index in [9.17, 15) is 14.7 Å². The highest BCUT2D eigenvalue weighted by Crippen LogP contribution is 2.39. The van der Waals surface area contributed by atoms with E-state index < -0.39 is 18.0 Å². The van der Waals surface area contributed by atoms with Gasteiger partial charge in [-0.1, -0.05) is 42.0 Å². The Morgan fingerprint density at radius 2 is 1.92 bits per heavy atom. The first-order chi connectivity index (χ1) is 11.5. The second-order valence-corrected chi connectivity index (χ2v) is 9.74. The third-order valence-electron chi connectivity index (χ3n) is 2.98. The minimum atomic E-state index is -0.965. The molecular formula is C16H30N2O5S2. The molecular weight excluding hydrogens is 364 g/mol. The summed E-state index contributed by atoms with van der Waals surface area (Å²) in [6, 6.07) is -0.783. The van der Waals surface area contributed by atoms with Crippen molar-refractivity contribution in [2.75, 3.05) is 18.9 Å². The number of carboxylic acid groups (broad SMARTS) is 2. The summed E-state index contributed by atoms with van der Waals surface area (Å²) >= 11 is 0. The normalized spacial score (nSPS) is 12.8. The fraction of sp³-hybridized carbons (Fsp3) is 0.750. The molecule has 4 N–H and O–H groups in total. The van der Waals surface area contributed by atoms with Crippen molar-refractivity contribution >= 4 is 33.5 Å². The fourth-order valence-corrected chi connectivity index (χ4v) is 4.29. The summed E-state index contributed by atoms with van der Waals surface area (Å²) in [6.07, 6.45) is 0.617. The molecule has 0 aromatic rings. The van der Waals surface area contributed by atoms with Crippen LogP contribution in [0.1, 0.15) is 40.5 Å². The van der Waals surface area contributed by atoms with E-state index in [1.54, 1.807) is 0 Å². The Hall–Kier alpha value is -0.900. The van der Waals surface area contributed by atoms with Crippen molar-refractivity contribution in [2.45, 2.75) is 51.3 Å². The molecule has 146 valence electrons. The average molecular weight is 395 g/mol. The van der Waals surface area contributed by atoms with E-state index in [1.165, 1.54) is 21.6 Å². The molecule has 0 saturated heterocycles. The molecule has 0 radical (unpaired) electrons. The van der Waals surface area contributed by atoms with Crippen LogP contribution < -0.4 is 10.8 Å². The van der Waals surface area contributed by atoms with Crippen molar-refractivity contribution in [3.8, 4) is 0 Å². The lowest BCUT2D eigenvalue weighted by Crippen LogP contribution is -2.39. The molecule has 0 aromatic heterocycles. The zero-order chi connectivity index (χ0) is 19.5. The summed E-state index contributed by atoms with van der Waals surface area (Å²) in [5.41, 5.74) is 3.28. The van der Waals surface area contributed by atoms with Gasteiger partial charge in [0.15, 0.2) is 0 Å². The quantitative estimate of drug-likeness (QED) is 0.189. The van der Waals surface area contributed by atoms with E-state index in [0.29, 0.717) is 30.3 Å². The van der Waals surface area contributed by atoms with Gasteiger partial charge in [0.1, 0.15) is 12.6 Å². The summed E-state index contributed by atoms with van der Waals surface area (Å²) in [4.78, 5) is 27.2. The number of carboxylic acids is 2. The molecule has 0 aliphatic heterocycles. The molecule has 0 amide bonds. The third-order valence-corrected chi connectivity index (χ3v) is 6.33. The first kappa shape index (κ1) is 24.1. The molecule has 0 saturated carbocycles. The standard InChI is InChI=1S/C16H30N2O5S2/c1-11(2)8-17-23-9-12(3)18-13(15(21)22)10-24-25-16(4,5)7-6-14(19)20/h11,13,17-18H,3,6-10H2,1-2,4-5H3,(H,19,20)(H,21,22). The van der Waals surface area contributed by atoms with Gasteiger partial charge in [0, 0.05) is 29.2 Å². The van der Waals surface area contributed by atoms with Gasteiger partial charge in [-0.15, -0.1) is 0 Å². The van der Waals surface area contributed by atoms with Crippen LogP contribution in [0.15, 0.2) is 12.3 Å². The van der Waals surface area contributed by atoms with Crippen LogP contribution in [0, 0.1) is 5.92 Å². The van der Waals surface area contributed by atoms with Gasteiger partial charge in [-0.3, -0.25) is 9.63 Å². The molecule has 0 aliphatic rings. The van der Waals surface area contributed by atoms with Crippen LogP contribution in [0.2, 0.25) is 0 Å². The van der Waals surface area contributed by atoms with Gasteiger partial charge in [0.2, 0.25) is 0 Å². The van der Waals surface area contributed by atoms with Crippen LogP contribution >= 0.6 is 21.6 Å². The molecule has 7 nitrogen and oxygen atoms in total. The molecule has 0 spiro atoms. The van der Waals surface area contributed by atoms with Gasteiger partial charge in [0.25, 0.3) is 0 Å². The third kappa shape index (κ3) is 14.0. The Kier molecular flexibility index (Phi) is 12.0. The highest BCUT2D eigenvalue weighted by molar-refractivity contribution is 8.77. The SMILES string of the molecule is C=C(CONCC(C)C)NC(CSSC(C)(C)CCC(=O)O)C(=O)O. The second kappa shape index (κ2) is 12.5. The lowest BCUT2D eigenvalue weighted by atomic mass is 10.1. The molecule has 1 unspecified atom stereocenters. The number of hydroxylamine groups is 1. The van der Waals surface area contributed by atoms with E-state index in [4.69, 9.17) is 9.94 Å². The van der Waals surface area contributed by atoms with Crippen LogP contribution in [0.4, 0.5) is 0 Å². The molecule has 0 bridgehead atoms. The molecule has 25 heavy (non-hydrogen) atoms. The lowest BCUT2D eigenvalue weighted by molar-refractivity contribution is -0.139. The zero-order valence-electron chi connectivity index (χ0n) is 15.3. The van der Waals surface area contributed by atoms with E-state index in [0.717, 1.165) is 0 Å². The highest BCUT2D eigenvalue weighted by Gasteiger charge is 2.23. The Bertz CT molecular complexity index is 444. The second-order valence-electron chi connectivity index (χ2n) is 6.69. The Balaban J connectivity index is 4.18. The van der Waals surface area contributed by atoms with E-state index in [-0.39, 0.29) is 17.8 Å². The van der Waals surface area contributed by atoms with Crippen molar-refractivity contribution in [1.29, 1.82) is 0 Å². The van der Waals surface area contributed by atoms with Gasteiger partial charge in [-0.05, 0) is 26.2 Å². The van der Waals surface area contributed by atoms with Gasteiger partial charge in [-0.2, -0.15) is 0 Å². The summed E-state index contributed by atoms with van der Waals surface area (Å²) in [5.74, 6) is -1.01. The van der Waals surface area contributed by atoms with Crippen LogP contribution in [-0.4, -0.2) is 51.8 Å². The maximum Gasteiger partial charge on any atom is 0.327 e. The van der Waals surface area contributed by atoms with Crippen molar-refractivity contribution < 1.29 is 24.6 Å². The molecule has 9 heteroatoms. The van der Waals surface area contributed by atoms with Gasteiger partial charge < -0.3 is 15.5 Å². The average Bonchev–Trinajstić information content (AvgIpc) is 2.48. The first-order valence-electron chi connectivity index (χ1n) is 8.07. The zero-order valence-corrected chi connectivity index (χ0v) is 17.0. The summed E-state index contributed by atoms with van der Waals surface area (Å²) in [6.45, 7) is 12.7. The number of carbonyl (C=O) groups is 2. The predicted octanol–water partition coefficient (Wildman–Crippen LogP) is 2.74. The van der Waals surface area contributed by atoms with Crippen molar-refractivity contribution in [3.05, 3.63) is 12.3 Å². The van der Waals surface area contributed by atoms with Gasteiger partial charge >= 0.3 is 11.9 Å². The number of rotatable bonds is 15. The van der Waals surface area contributed by atoms with Crippen molar-refractivity contribution in [3.63, 3.8) is 0 Å². The molecule has 0 rings (SSSR count). The monoisotopic (exact) mass is 394 g/mol. The number of hydrogen-bond donors (Lipinski definition) is 4. The van der Waals surface area contributed by atoms with Crippen molar-refractivity contribution in [2.24, 2.45) is 5.92 Å². The molecule has 0 heterocycles. The topological polar surface area (TPSA) is 108 Å². The summed E-state index contributed by atoms with van der Waals surface area (Å²) in [5, 5.41) is 20.9. The number of nitrogens with one attached hydrogen (secondary N) is 2. The van der Waals surface area contributed by atoms with E-state index in [1.807, 2.05) is 13.8 Å². The largest absolute Gasteiger partial charge is 0.481 e. The lowest BCUT2D eigenvalue weighted by Gasteiger charge is -2.23. The van der Waals surface area contributed by atoms with Crippen LogP contribution in [0.3, 0.4) is 0 Å². The van der Waals surface area contributed by atoms with Gasteiger partial charge in [-0.25, -0.2) is 10.3 Å². The Morgan fingerprint density at radius 3 is 2.44 bits per heavy atom. The molecule has 1 atom stereocenters. The summed E-state index contributed by atoms with van der Waals surface area (Å²) in [7, 11) is 2.90. The minimum absolute atomic E-state index is 0.0959. The smallest absolute Gasteiger partial charge is 0.327 e. The predicted molar refractivity (Wildman–Crippen MR) is 103 cm³/mol. The molecule has 0 aromatic carbocycles. The fourth-order valence-electron chi connectivity index (χ4n) is 1.54. The number of aliphatic carboxylic acids is 2.